The highest BCUT2D eigenvalue weighted by atomic mass is 32.2. The van der Waals surface area contributed by atoms with Gasteiger partial charge >= 0.3 is 0 Å². The number of aromatic nitrogens is 2. The minimum Gasteiger partial charge on any atom is -0.300 e. The third-order valence-corrected chi connectivity index (χ3v) is 3.52. The van der Waals surface area contributed by atoms with Crippen LogP contribution >= 0.6 is 0 Å². The summed E-state index contributed by atoms with van der Waals surface area (Å²) in [5, 5.41) is 0. The van der Waals surface area contributed by atoms with E-state index in [-0.39, 0.29) is 0 Å². The van der Waals surface area contributed by atoms with E-state index in [1.54, 1.807) is 18.3 Å². The molecule has 1 N–H and O–H groups in total. The zero-order chi connectivity index (χ0) is 14.2. The predicted octanol–water partition coefficient (Wildman–Crippen LogP) is 2.37. The molecule has 102 valence electrons. The minimum atomic E-state index is -3.25. The van der Waals surface area contributed by atoms with Crippen molar-refractivity contribution in [3.05, 3.63) is 54.9 Å². The Morgan fingerprint density at radius 3 is 2.55 bits per heavy atom. The lowest BCUT2D eigenvalue weighted by molar-refractivity contribution is 0.607. The van der Waals surface area contributed by atoms with Crippen LogP contribution in [0.2, 0.25) is 0 Å². The molecule has 0 radical (unpaired) electrons. The van der Waals surface area contributed by atoms with Crippen LogP contribution in [-0.4, -0.2) is 24.1 Å². The highest BCUT2D eigenvalue weighted by Gasteiger charge is 2.05. The van der Waals surface area contributed by atoms with Crippen molar-refractivity contribution in [2.75, 3.05) is 11.0 Å². The summed E-state index contributed by atoms with van der Waals surface area (Å²) in [7, 11) is -3.25. The molecule has 0 atom stereocenters. The van der Waals surface area contributed by atoms with Crippen molar-refractivity contribution in [3.8, 4) is 11.3 Å². The maximum Gasteiger partial charge on any atom is 0.229 e. The zero-order valence-corrected chi connectivity index (χ0v) is 11.6. The smallest absolute Gasteiger partial charge is 0.229 e. The number of hydrogen-bond donors (Lipinski definition) is 1. The second kappa shape index (κ2) is 4.64. The summed E-state index contributed by atoms with van der Waals surface area (Å²) < 4.78 is 26.8. The molecule has 3 aromatic rings. The van der Waals surface area contributed by atoms with Crippen LogP contribution in [0.3, 0.4) is 0 Å². The number of rotatable bonds is 3. The number of sulfonamides is 1. The molecule has 0 aliphatic heterocycles. The average Bonchev–Trinajstić information content (AvgIpc) is 2.86. The van der Waals surface area contributed by atoms with Crippen LogP contribution in [0.1, 0.15) is 0 Å². The minimum absolute atomic E-state index is 0.550. The normalized spacial score (nSPS) is 11.7. The molecule has 0 unspecified atom stereocenters. The van der Waals surface area contributed by atoms with Crippen LogP contribution in [0.15, 0.2) is 54.9 Å². The van der Waals surface area contributed by atoms with Gasteiger partial charge in [0.25, 0.3) is 0 Å². The van der Waals surface area contributed by atoms with Gasteiger partial charge in [0.2, 0.25) is 10.0 Å². The van der Waals surface area contributed by atoms with Crippen molar-refractivity contribution in [2.24, 2.45) is 0 Å². The largest absolute Gasteiger partial charge is 0.300 e. The molecule has 0 spiro atoms. The van der Waals surface area contributed by atoms with Gasteiger partial charge in [-0.15, -0.1) is 0 Å². The Morgan fingerprint density at radius 1 is 1.10 bits per heavy atom. The van der Waals surface area contributed by atoms with Gasteiger partial charge in [0.05, 0.1) is 11.9 Å². The summed E-state index contributed by atoms with van der Waals surface area (Å²) in [5.41, 5.74) is 3.42. The summed E-state index contributed by atoms with van der Waals surface area (Å²) in [6.07, 6.45) is 4.78. The van der Waals surface area contributed by atoms with E-state index < -0.39 is 10.0 Å². The summed E-state index contributed by atoms with van der Waals surface area (Å²) in [6, 6.07) is 13.1. The quantitative estimate of drug-likeness (QED) is 0.804. The van der Waals surface area contributed by atoms with Gasteiger partial charge < -0.3 is 0 Å². The van der Waals surface area contributed by atoms with E-state index in [9.17, 15) is 8.42 Å². The van der Waals surface area contributed by atoms with Gasteiger partial charge in [-0.05, 0) is 29.8 Å². The molecule has 0 aliphatic rings. The van der Waals surface area contributed by atoms with E-state index in [1.807, 2.05) is 40.9 Å². The van der Waals surface area contributed by atoms with Crippen LogP contribution < -0.4 is 4.72 Å². The van der Waals surface area contributed by atoms with Crippen LogP contribution in [0, 0.1) is 0 Å². The summed E-state index contributed by atoms with van der Waals surface area (Å²) in [5.74, 6) is 0. The number of hydrogen-bond acceptors (Lipinski definition) is 3. The first-order valence-electron chi connectivity index (χ1n) is 6.03. The van der Waals surface area contributed by atoms with Gasteiger partial charge in [-0.1, -0.05) is 18.2 Å². The lowest BCUT2D eigenvalue weighted by atomic mass is 10.1. The molecule has 1 aromatic carbocycles. The number of nitrogens with zero attached hydrogens (tertiary/aromatic N) is 2. The highest BCUT2D eigenvalue weighted by molar-refractivity contribution is 7.92. The molecule has 0 bridgehead atoms. The van der Waals surface area contributed by atoms with Crippen molar-refractivity contribution in [1.29, 1.82) is 0 Å². The van der Waals surface area contributed by atoms with Crippen LogP contribution in [0.25, 0.3) is 16.9 Å². The first kappa shape index (κ1) is 12.7. The number of benzene rings is 1. The Balaban J connectivity index is 2.01. The van der Waals surface area contributed by atoms with Gasteiger partial charge in [0.1, 0.15) is 5.65 Å². The lowest BCUT2D eigenvalue weighted by Gasteiger charge is -2.07. The number of nitrogens with one attached hydrogen (secondary N) is 1. The lowest BCUT2D eigenvalue weighted by Crippen LogP contribution is -2.09. The van der Waals surface area contributed by atoms with Crippen molar-refractivity contribution < 1.29 is 8.42 Å². The Labute approximate surface area is 117 Å². The molecule has 0 fully saturated rings. The Hall–Kier alpha value is -2.34. The van der Waals surface area contributed by atoms with Gasteiger partial charge in [0, 0.05) is 18.1 Å². The molecule has 5 nitrogen and oxygen atoms in total. The van der Waals surface area contributed by atoms with E-state index in [4.69, 9.17) is 0 Å². The van der Waals surface area contributed by atoms with Crippen molar-refractivity contribution in [1.82, 2.24) is 9.38 Å². The SMILES string of the molecule is CS(=O)(=O)Nc1ccc(-c2cccc3nccn23)cc1. The molecular weight excluding hydrogens is 274 g/mol. The van der Waals surface area contributed by atoms with E-state index >= 15 is 0 Å². The molecule has 2 aromatic heterocycles. The van der Waals surface area contributed by atoms with Gasteiger partial charge in [0.15, 0.2) is 0 Å². The molecular formula is C14H13N3O2S. The fourth-order valence-electron chi connectivity index (χ4n) is 2.11. The molecule has 0 saturated heterocycles. The topological polar surface area (TPSA) is 63.5 Å². The van der Waals surface area contributed by atoms with E-state index in [1.165, 1.54) is 0 Å². The predicted molar refractivity (Wildman–Crippen MR) is 79.1 cm³/mol. The average molecular weight is 287 g/mol. The standard InChI is InChI=1S/C14H13N3O2S/c1-20(18,19)16-12-7-5-11(6-8-12)13-3-2-4-14-15-9-10-17(13)14/h2-10,16H,1H3. The first-order valence-corrected chi connectivity index (χ1v) is 7.92. The maximum absolute atomic E-state index is 11.2. The van der Waals surface area contributed by atoms with Crippen molar-refractivity contribution >= 4 is 21.4 Å². The van der Waals surface area contributed by atoms with Crippen LogP contribution in [0.4, 0.5) is 5.69 Å². The fourth-order valence-corrected chi connectivity index (χ4v) is 2.67. The monoisotopic (exact) mass is 287 g/mol. The Bertz CT molecular complexity index is 852. The second-order valence-corrected chi connectivity index (χ2v) is 6.27. The Kier molecular flexibility index (Phi) is 2.94. The van der Waals surface area contributed by atoms with Crippen LogP contribution in [0.5, 0.6) is 0 Å². The van der Waals surface area contributed by atoms with Crippen LogP contribution in [-0.2, 0) is 10.0 Å². The maximum atomic E-state index is 11.2. The number of fused-ring (bicyclic) bond motifs is 1. The van der Waals surface area contributed by atoms with Gasteiger partial charge in [-0.25, -0.2) is 13.4 Å². The summed E-state index contributed by atoms with van der Waals surface area (Å²) in [4.78, 5) is 4.24. The molecule has 20 heavy (non-hydrogen) atoms. The number of anilines is 1. The summed E-state index contributed by atoms with van der Waals surface area (Å²) >= 11 is 0. The van der Waals surface area contributed by atoms with E-state index in [0.717, 1.165) is 23.2 Å². The molecule has 0 aliphatic carbocycles. The second-order valence-electron chi connectivity index (χ2n) is 4.52. The zero-order valence-electron chi connectivity index (χ0n) is 10.8. The third kappa shape index (κ3) is 2.50. The van der Waals surface area contributed by atoms with E-state index in [2.05, 4.69) is 9.71 Å². The van der Waals surface area contributed by atoms with E-state index in [0.29, 0.717) is 5.69 Å². The third-order valence-electron chi connectivity index (χ3n) is 2.91. The summed E-state index contributed by atoms with van der Waals surface area (Å²) in [6.45, 7) is 0. The molecule has 6 heteroatoms. The number of imidazole rings is 1. The van der Waals surface area contributed by atoms with Gasteiger partial charge in [-0.2, -0.15) is 0 Å². The van der Waals surface area contributed by atoms with Crippen molar-refractivity contribution in [3.63, 3.8) is 0 Å². The highest BCUT2D eigenvalue weighted by Crippen LogP contribution is 2.22. The molecule has 2 heterocycles. The molecule has 0 amide bonds. The molecule has 0 saturated carbocycles. The molecule has 3 rings (SSSR count). The van der Waals surface area contributed by atoms with Gasteiger partial charge in [-0.3, -0.25) is 9.12 Å². The number of pyridine rings is 1. The Morgan fingerprint density at radius 2 is 1.85 bits per heavy atom. The van der Waals surface area contributed by atoms with Crippen molar-refractivity contribution in [2.45, 2.75) is 0 Å². The first-order chi connectivity index (χ1) is 9.53. The fraction of sp³-hybridized carbons (Fsp3) is 0.0714.